The monoisotopic (exact) mass is 216 g/mol. The zero-order valence-corrected chi connectivity index (χ0v) is 9.88. The zero-order valence-electron chi connectivity index (χ0n) is 9.88. The number of hydrogen-bond donors (Lipinski definition) is 0. The van der Waals surface area contributed by atoms with Crippen molar-refractivity contribution in [1.29, 1.82) is 0 Å². The van der Waals surface area contributed by atoms with Gasteiger partial charge in [0.05, 0.1) is 18.2 Å². The van der Waals surface area contributed by atoms with Crippen LogP contribution < -0.4 is 0 Å². The average Bonchev–Trinajstić information content (AvgIpc) is 2.70. The molecule has 2 aromatic heterocycles. The molecule has 84 valence electrons. The van der Waals surface area contributed by atoms with Crippen molar-refractivity contribution in [3.8, 4) is 0 Å². The predicted octanol–water partition coefficient (Wildman–Crippen LogP) is 2.70. The lowest BCUT2D eigenvalue weighted by Crippen LogP contribution is -2.02. The molecule has 0 aliphatic carbocycles. The number of rotatable bonds is 3. The number of imidazole rings is 1. The minimum absolute atomic E-state index is 0.215. The molecule has 2 heterocycles. The van der Waals surface area contributed by atoms with E-state index in [0.717, 1.165) is 11.3 Å². The summed E-state index contributed by atoms with van der Waals surface area (Å²) in [5.41, 5.74) is 2.49. The van der Waals surface area contributed by atoms with E-state index >= 15 is 0 Å². The van der Waals surface area contributed by atoms with Crippen LogP contribution in [0.4, 0.5) is 0 Å². The van der Waals surface area contributed by atoms with Gasteiger partial charge in [0.2, 0.25) is 0 Å². The van der Waals surface area contributed by atoms with Gasteiger partial charge in [-0.15, -0.1) is 6.58 Å². The smallest absolute Gasteiger partial charge is 0.197 e. The fourth-order valence-corrected chi connectivity index (χ4v) is 1.54. The van der Waals surface area contributed by atoms with Gasteiger partial charge in [-0.1, -0.05) is 13.0 Å². The normalized spacial score (nSPS) is 13.2. The first-order valence-electron chi connectivity index (χ1n) is 5.45. The van der Waals surface area contributed by atoms with E-state index < -0.39 is 0 Å². The molecular weight excluding hydrogens is 200 g/mol. The fourth-order valence-electron chi connectivity index (χ4n) is 1.54. The fraction of sp³-hybridized carbons (Fsp3) is 0.417. The second kappa shape index (κ2) is 4.04. The van der Waals surface area contributed by atoms with Crippen molar-refractivity contribution >= 4 is 11.3 Å². The van der Waals surface area contributed by atoms with Crippen LogP contribution in [-0.2, 0) is 0 Å². The average molecular weight is 216 g/mol. The molecule has 0 aliphatic heterocycles. The topological polar surface area (TPSA) is 43.6 Å². The highest BCUT2D eigenvalue weighted by molar-refractivity contribution is 5.65. The maximum atomic E-state index is 4.59. The summed E-state index contributed by atoms with van der Waals surface area (Å²) in [6.45, 7) is 10.0. The van der Waals surface area contributed by atoms with E-state index in [2.05, 4.69) is 42.3 Å². The number of fused-ring (bicyclic) bond motifs is 1. The van der Waals surface area contributed by atoms with Gasteiger partial charge in [-0.3, -0.25) is 0 Å². The number of nitrogens with zero attached hydrogens (tertiary/aromatic N) is 4. The van der Waals surface area contributed by atoms with Crippen LogP contribution in [0.25, 0.3) is 11.3 Å². The van der Waals surface area contributed by atoms with Crippen LogP contribution in [0.3, 0.4) is 0 Å². The van der Waals surface area contributed by atoms with Crippen LogP contribution in [0.1, 0.15) is 38.4 Å². The third kappa shape index (κ3) is 1.71. The first-order valence-corrected chi connectivity index (χ1v) is 5.45. The molecule has 0 saturated carbocycles. The standard InChI is InChI=1S/C12H16N4/c1-5-9(4)10-6-13-11-12(15-10)16(7-14-11)8(2)3/h5-9H,1H2,2-4H3. The van der Waals surface area contributed by atoms with Crippen molar-refractivity contribution in [3.05, 3.63) is 30.9 Å². The lowest BCUT2D eigenvalue weighted by molar-refractivity contribution is 0.611. The molecule has 0 aromatic carbocycles. The van der Waals surface area contributed by atoms with Crippen molar-refractivity contribution in [2.24, 2.45) is 0 Å². The van der Waals surface area contributed by atoms with Gasteiger partial charge in [0.15, 0.2) is 11.3 Å². The Morgan fingerprint density at radius 1 is 1.31 bits per heavy atom. The highest BCUT2D eigenvalue weighted by Crippen LogP contribution is 2.18. The Bertz CT molecular complexity index is 513. The van der Waals surface area contributed by atoms with Crippen LogP contribution in [0, 0.1) is 0 Å². The molecule has 16 heavy (non-hydrogen) atoms. The van der Waals surface area contributed by atoms with Gasteiger partial charge in [0.25, 0.3) is 0 Å². The maximum Gasteiger partial charge on any atom is 0.197 e. The van der Waals surface area contributed by atoms with Gasteiger partial charge >= 0.3 is 0 Å². The highest BCUT2D eigenvalue weighted by Gasteiger charge is 2.11. The third-order valence-corrected chi connectivity index (χ3v) is 2.68. The molecule has 0 aliphatic rings. The second-order valence-electron chi connectivity index (χ2n) is 4.21. The Balaban J connectivity index is 2.58. The van der Waals surface area contributed by atoms with Crippen LogP contribution >= 0.6 is 0 Å². The van der Waals surface area contributed by atoms with Crippen LogP contribution in [0.5, 0.6) is 0 Å². The molecule has 1 unspecified atom stereocenters. The second-order valence-corrected chi connectivity index (χ2v) is 4.21. The van der Waals surface area contributed by atoms with Crippen molar-refractivity contribution < 1.29 is 0 Å². The van der Waals surface area contributed by atoms with E-state index in [1.807, 2.05) is 10.6 Å². The largest absolute Gasteiger partial charge is 0.311 e. The van der Waals surface area contributed by atoms with E-state index in [-0.39, 0.29) is 5.92 Å². The summed E-state index contributed by atoms with van der Waals surface area (Å²) in [5, 5.41) is 0. The summed E-state index contributed by atoms with van der Waals surface area (Å²) in [4.78, 5) is 13.1. The van der Waals surface area contributed by atoms with E-state index in [1.54, 1.807) is 12.5 Å². The Hall–Kier alpha value is -1.71. The minimum Gasteiger partial charge on any atom is -0.311 e. The van der Waals surface area contributed by atoms with E-state index in [1.165, 1.54) is 0 Å². The van der Waals surface area contributed by atoms with Crippen molar-refractivity contribution in [1.82, 2.24) is 19.5 Å². The summed E-state index contributed by atoms with van der Waals surface area (Å²) in [6.07, 6.45) is 5.43. The molecule has 0 fully saturated rings. The van der Waals surface area contributed by atoms with Crippen LogP contribution in [0.15, 0.2) is 25.2 Å². The van der Waals surface area contributed by atoms with Crippen molar-refractivity contribution in [3.63, 3.8) is 0 Å². The summed E-state index contributed by atoms with van der Waals surface area (Å²) < 4.78 is 2.03. The molecule has 1 atom stereocenters. The quantitative estimate of drug-likeness (QED) is 0.741. The zero-order chi connectivity index (χ0) is 11.7. The first kappa shape index (κ1) is 10.8. The molecule has 0 bridgehead atoms. The molecule has 0 saturated heterocycles. The Labute approximate surface area is 95.1 Å². The number of aromatic nitrogens is 4. The molecule has 4 heteroatoms. The molecule has 0 radical (unpaired) electrons. The summed E-state index contributed by atoms with van der Waals surface area (Å²) in [6, 6.07) is 0.341. The summed E-state index contributed by atoms with van der Waals surface area (Å²) in [5.74, 6) is 0.215. The highest BCUT2D eigenvalue weighted by atomic mass is 15.1. The summed E-state index contributed by atoms with van der Waals surface area (Å²) >= 11 is 0. The molecule has 0 amide bonds. The predicted molar refractivity (Wildman–Crippen MR) is 64.3 cm³/mol. The van der Waals surface area contributed by atoms with E-state index in [0.29, 0.717) is 11.7 Å². The lowest BCUT2D eigenvalue weighted by atomic mass is 10.1. The minimum atomic E-state index is 0.215. The molecule has 2 rings (SSSR count). The van der Waals surface area contributed by atoms with Gasteiger partial charge in [0, 0.05) is 12.0 Å². The maximum absolute atomic E-state index is 4.59. The molecule has 0 spiro atoms. The SMILES string of the molecule is C=CC(C)c1cnc2ncn(C(C)C)c2n1. The van der Waals surface area contributed by atoms with Crippen molar-refractivity contribution in [2.75, 3.05) is 0 Å². The van der Waals surface area contributed by atoms with Gasteiger partial charge in [0.1, 0.15) is 0 Å². The Morgan fingerprint density at radius 3 is 2.69 bits per heavy atom. The Morgan fingerprint density at radius 2 is 2.06 bits per heavy atom. The van der Waals surface area contributed by atoms with Gasteiger partial charge in [-0.25, -0.2) is 15.0 Å². The van der Waals surface area contributed by atoms with Crippen LogP contribution in [0.2, 0.25) is 0 Å². The lowest BCUT2D eigenvalue weighted by Gasteiger charge is -2.09. The number of allylic oxidation sites excluding steroid dienone is 1. The van der Waals surface area contributed by atoms with E-state index in [9.17, 15) is 0 Å². The molecule has 0 N–H and O–H groups in total. The summed E-state index contributed by atoms with van der Waals surface area (Å²) in [7, 11) is 0. The third-order valence-electron chi connectivity index (χ3n) is 2.68. The number of hydrogen-bond acceptors (Lipinski definition) is 3. The van der Waals surface area contributed by atoms with Crippen molar-refractivity contribution in [2.45, 2.75) is 32.7 Å². The van der Waals surface area contributed by atoms with Gasteiger partial charge in [-0.05, 0) is 13.8 Å². The van der Waals surface area contributed by atoms with E-state index in [4.69, 9.17) is 0 Å². The molecule has 2 aromatic rings. The first-order chi connectivity index (χ1) is 7.63. The van der Waals surface area contributed by atoms with Gasteiger partial charge < -0.3 is 4.57 Å². The Kier molecular flexibility index (Phi) is 2.73. The van der Waals surface area contributed by atoms with Gasteiger partial charge in [-0.2, -0.15) is 0 Å². The van der Waals surface area contributed by atoms with Crippen LogP contribution in [-0.4, -0.2) is 19.5 Å². The molecular formula is C12H16N4. The molecule has 4 nitrogen and oxygen atoms in total.